The van der Waals surface area contributed by atoms with Crippen molar-refractivity contribution in [2.45, 2.75) is 84.5 Å². The average Bonchev–Trinajstić information content (AvgIpc) is 2.93. The number of ketones is 1. The number of carbonyl (C=O) groups is 3. The predicted octanol–water partition coefficient (Wildman–Crippen LogP) is 3.09. The number of carbonyl (C=O) groups excluding carboxylic acids is 3. The quantitative estimate of drug-likeness (QED) is 0.532. The molecular weight excluding hydrogens is 382 g/mol. The van der Waals surface area contributed by atoms with E-state index in [0.29, 0.717) is 12.3 Å². The second kappa shape index (κ2) is 8.66. The molecule has 0 bridgehead atoms. The zero-order valence-corrected chi connectivity index (χ0v) is 18.7. The van der Waals surface area contributed by atoms with E-state index < -0.39 is 17.7 Å². The molecule has 0 aromatic carbocycles. The molecule has 1 amide bonds. The predicted molar refractivity (Wildman–Crippen MR) is 113 cm³/mol. The van der Waals surface area contributed by atoms with Gasteiger partial charge < -0.3 is 15.2 Å². The van der Waals surface area contributed by atoms with Gasteiger partial charge in [-0.2, -0.15) is 0 Å². The molecular formula is C24H35NO5. The molecule has 0 radical (unpaired) electrons. The number of esters is 1. The number of hydrogen-bond acceptors (Lipinski definition) is 5. The summed E-state index contributed by atoms with van der Waals surface area (Å²) in [6.07, 6.45) is 4.35. The fraction of sp³-hybridized carbons (Fsp3) is 0.708. The van der Waals surface area contributed by atoms with Crippen LogP contribution in [-0.4, -0.2) is 40.5 Å². The summed E-state index contributed by atoms with van der Waals surface area (Å²) in [5.74, 6) is -1.09. The van der Waals surface area contributed by atoms with E-state index >= 15 is 0 Å². The highest BCUT2D eigenvalue weighted by Crippen LogP contribution is 2.51. The van der Waals surface area contributed by atoms with Gasteiger partial charge in [0.2, 0.25) is 5.60 Å². The lowest BCUT2D eigenvalue weighted by Crippen LogP contribution is -2.56. The minimum absolute atomic E-state index is 0.0211. The minimum Gasteiger partial charge on any atom is -0.448 e. The lowest BCUT2D eigenvalue weighted by Gasteiger charge is -2.45. The molecule has 6 heteroatoms. The molecule has 0 unspecified atom stereocenters. The highest BCUT2D eigenvalue weighted by atomic mass is 16.6. The second-order valence-corrected chi connectivity index (χ2v) is 9.76. The van der Waals surface area contributed by atoms with Gasteiger partial charge in [0.25, 0.3) is 5.91 Å². The molecule has 30 heavy (non-hydrogen) atoms. The maximum Gasteiger partial charge on any atom is 0.307 e. The summed E-state index contributed by atoms with van der Waals surface area (Å²) in [4.78, 5) is 38.4. The molecule has 1 aliphatic carbocycles. The zero-order valence-electron chi connectivity index (χ0n) is 18.7. The van der Waals surface area contributed by atoms with Crippen LogP contribution < -0.4 is 5.32 Å². The van der Waals surface area contributed by atoms with E-state index in [1.165, 1.54) is 5.57 Å². The van der Waals surface area contributed by atoms with Crippen molar-refractivity contribution < 1.29 is 24.2 Å². The monoisotopic (exact) mass is 417 g/mol. The Morgan fingerprint density at radius 1 is 1.17 bits per heavy atom. The van der Waals surface area contributed by atoms with E-state index in [2.05, 4.69) is 39.1 Å². The third-order valence-electron chi connectivity index (χ3n) is 7.03. The van der Waals surface area contributed by atoms with Crippen LogP contribution in [0, 0.1) is 23.7 Å². The van der Waals surface area contributed by atoms with Crippen molar-refractivity contribution in [3.63, 3.8) is 0 Å². The van der Waals surface area contributed by atoms with Gasteiger partial charge in [-0.25, -0.2) is 0 Å². The summed E-state index contributed by atoms with van der Waals surface area (Å²) in [5.41, 5.74) is 0.851. The highest BCUT2D eigenvalue weighted by molar-refractivity contribution is 5.92. The molecule has 2 aliphatic heterocycles. The van der Waals surface area contributed by atoms with E-state index in [1.807, 2.05) is 13.0 Å². The number of Topliss-reactive ketones (excluding diaryl/α,β-unsaturated/α-hetero) is 1. The van der Waals surface area contributed by atoms with Crippen molar-refractivity contribution in [3.8, 4) is 0 Å². The van der Waals surface area contributed by atoms with Crippen molar-refractivity contribution in [3.05, 3.63) is 23.3 Å². The first-order chi connectivity index (χ1) is 14.1. The molecule has 1 fully saturated rings. The number of rotatable bonds is 2. The van der Waals surface area contributed by atoms with Crippen molar-refractivity contribution in [1.82, 2.24) is 5.32 Å². The first kappa shape index (κ1) is 22.7. The van der Waals surface area contributed by atoms with Gasteiger partial charge in [-0.15, -0.1) is 0 Å². The molecule has 166 valence electrons. The fourth-order valence-corrected chi connectivity index (χ4v) is 5.36. The van der Waals surface area contributed by atoms with Gasteiger partial charge in [0, 0.05) is 30.7 Å². The van der Waals surface area contributed by atoms with E-state index in [0.717, 1.165) is 12.0 Å². The van der Waals surface area contributed by atoms with Crippen LogP contribution in [0.25, 0.3) is 0 Å². The fourth-order valence-electron chi connectivity index (χ4n) is 5.36. The highest BCUT2D eigenvalue weighted by Gasteiger charge is 2.64. The van der Waals surface area contributed by atoms with Crippen LogP contribution in [-0.2, 0) is 19.1 Å². The zero-order chi connectivity index (χ0) is 22.2. The number of nitrogens with one attached hydrogen (secondary N) is 1. The Morgan fingerprint density at radius 3 is 2.53 bits per heavy atom. The van der Waals surface area contributed by atoms with E-state index in [4.69, 9.17) is 4.74 Å². The van der Waals surface area contributed by atoms with Crippen LogP contribution >= 0.6 is 0 Å². The molecule has 6 atom stereocenters. The number of allylic oxidation sites excluding steroid dienone is 2. The molecule has 3 aliphatic rings. The van der Waals surface area contributed by atoms with Crippen molar-refractivity contribution in [1.29, 1.82) is 0 Å². The minimum atomic E-state index is -1.29. The Bertz CT molecular complexity index is 782. The molecule has 0 saturated carbocycles. The van der Waals surface area contributed by atoms with E-state index in [9.17, 15) is 19.5 Å². The largest absolute Gasteiger partial charge is 0.448 e. The molecule has 2 N–H and O–H groups in total. The normalized spacial score (nSPS) is 39.6. The van der Waals surface area contributed by atoms with Crippen molar-refractivity contribution in [2.75, 3.05) is 0 Å². The molecule has 0 aromatic heterocycles. The first-order valence-electron chi connectivity index (χ1n) is 11.2. The molecule has 1 spiro atoms. The maximum atomic E-state index is 13.4. The van der Waals surface area contributed by atoms with E-state index in [-0.39, 0.29) is 54.7 Å². The van der Waals surface area contributed by atoms with Crippen LogP contribution in [0.15, 0.2) is 23.3 Å². The summed E-state index contributed by atoms with van der Waals surface area (Å²) >= 11 is 0. The number of amides is 1. The van der Waals surface area contributed by atoms with Crippen molar-refractivity contribution in [2.24, 2.45) is 23.7 Å². The van der Waals surface area contributed by atoms with Gasteiger partial charge in [0.05, 0.1) is 0 Å². The molecule has 6 nitrogen and oxygen atoms in total. The molecule has 1 saturated heterocycles. The topological polar surface area (TPSA) is 92.7 Å². The number of ether oxygens (including phenoxy) is 1. The van der Waals surface area contributed by atoms with Gasteiger partial charge in [0.1, 0.15) is 6.10 Å². The lowest BCUT2D eigenvalue weighted by atomic mass is 9.63. The Balaban J connectivity index is 2.11. The Hall–Kier alpha value is -1.95. The van der Waals surface area contributed by atoms with Gasteiger partial charge >= 0.3 is 5.97 Å². The number of aliphatic hydroxyl groups is 1. The van der Waals surface area contributed by atoms with Crippen LogP contribution in [0.1, 0.15) is 66.7 Å². The Labute approximate surface area is 179 Å². The first-order valence-corrected chi connectivity index (χ1v) is 11.2. The molecule has 0 aromatic rings. The van der Waals surface area contributed by atoms with Gasteiger partial charge in [-0.1, -0.05) is 44.1 Å². The van der Waals surface area contributed by atoms with E-state index in [1.54, 1.807) is 0 Å². The smallest absolute Gasteiger partial charge is 0.307 e. The third-order valence-corrected chi connectivity index (χ3v) is 7.03. The van der Waals surface area contributed by atoms with Gasteiger partial charge in [-0.05, 0) is 44.9 Å². The molecule has 2 heterocycles. The number of hydrogen-bond donors (Lipinski definition) is 2. The molecule has 3 rings (SSSR count). The Morgan fingerprint density at radius 2 is 1.87 bits per heavy atom. The van der Waals surface area contributed by atoms with Crippen LogP contribution in [0.2, 0.25) is 0 Å². The Kier molecular flexibility index (Phi) is 6.56. The second-order valence-electron chi connectivity index (χ2n) is 9.76. The lowest BCUT2D eigenvalue weighted by molar-refractivity contribution is -0.177. The third kappa shape index (κ3) is 4.11. The summed E-state index contributed by atoms with van der Waals surface area (Å²) in [7, 11) is 0. The van der Waals surface area contributed by atoms with Crippen LogP contribution in [0.5, 0.6) is 0 Å². The summed E-state index contributed by atoms with van der Waals surface area (Å²) in [6.45, 7) is 10.4. The maximum absolute atomic E-state index is 13.4. The summed E-state index contributed by atoms with van der Waals surface area (Å²) in [5, 5.41) is 13.2. The van der Waals surface area contributed by atoms with Crippen molar-refractivity contribution >= 4 is 17.7 Å². The SMILES string of the molecule is CC1=C[C@@H]2/C=C(\C)CCC(=O)[C@H](O)CCC(=O)O[C@]23C(=O)N[C@@H](CC(C)C)[C@@H]3[C@@H]1C. The van der Waals surface area contributed by atoms with Crippen LogP contribution in [0.4, 0.5) is 0 Å². The van der Waals surface area contributed by atoms with Gasteiger partial charge in [-0.3, -0.25) is 14.4 Å². The summed E-state index contributed by atoms with van der Waals surface area (Å²) < 4.78 is 6.05. The summed E-state index contributed by atoms with van der Waals surface area (Å²) in [6, 6.07) is -0.0692. The van der Waals surface area contributed by atoms with Crippen LogP contribution in [0.3, 0.4) is 0 Å². The van der Waals surface area contributed by atoms with Gasteiger partial charge in [0.15, 0.2) is 5.78 Å². The average molecular weight is 418 g/mol. The standard InChI is InChI=1S/C24H35NO5/c1-13(2)10-18-22-16(5)15(4)12-17-11-14(3)6-7-19(26)20(27)8-9-21(28)30-24(17,22)23(29)25-18/h11-13,16-18,20,22,27H,6-10H2,1-5H3,(H,25,29)/b14-11+/t16-,17+,18+,20-,22+,24-/m1/s1. The number of aliphatic hydroxyl groups excluding tert-OH is 1.